The van der Waals surface area contributed by atoms with Crippen LogP contribution in [0.4, 0.5) is 0 Å². The SMILES string of the molecule is c1ccc2c(c1)cc(-c1nnco1)n2CCN1CCCC1. The van der Waals surface area contributed by atoms with Gasteiger partial charge in [0.05, 0.1) is 0 Å². The fourth-order valence-electron chi connectivity index (χ4n) is 3.16. The molecule has 1 aliphatic rings. The summed E-state index contributed by atoms with van der Waals surface area (Å²) in [6.45, 7) is 4.45. The average molecular weight is 282 g/mol. The highest BCUT2D eigenvalue weighted by Gasteiger charge is 2.16. The van der Waals surface area contributed by atoms with Crippen molar-refractivity contribution < 1.29 is 4.42 Å². The van der Waals surface area contributed by atoms with Crippen LogP contribution in [-0.4, -0.2) is 39.3 Å². The van der Waals surface area contributed by atoms with E-state index in [9.17, 15) is 0 Å². The van der Waals surface area contributed by atoms with Crippen molar-refractivity contribution in [2.75, 3.05) is 19.6 Å². The summed E-state index contributed by atoms with van der Waals surface area (Å²) in [4.78, 5) is 2.52. The first-order valence-electron chi connectivity index (χ1n) is 7.49. The first-order chi connectivity index (χ1) is 10.4. The second-order valence-electron chi connectivity index (χ2n) is 5.53. The Morgan fingerprint density at radius 2 is 1.95 bits per heavy atom. The standard InChI is InChI=1S/C16H18N4O/c1-2-6-14-13(5-1)11-15(16-18-17-12-21-16)20(14)10-9-19-7-3-4-8-19/h1-2,5-6,11-12H,3-4,7-10H2. The highest BCUT2D eigenvalue weighted by Crippen LogP contribution is 2.27. The molecular formula is C16H18N4O. The first kappa shape index (κ1) is 12.6. The third kappa shape index (κ3) is 2.34. The fourth-order valence-corrected chi connectivity index (χ4v) is 3.16. The maximum absolute atomic E-state index is 5.40. The van der Waals surface area contributed by atoms with Crippen LogP contribution in [0, 0.1) is 0 Å². The van der Waals surface area contributed by atoms with Crippen molar-refractivity contribution in [1.82, 2.24) is 19.7 Å². The molecule has 0 amide bonds. The van der Waals surface area contributed by atoms with Crippen molar-refractivity contribution in [3.05, 3.63) is 36.7 Å². The molecule has 0 aliphatic carbocycles. The van der Waals surface area contributed by atoms with Crippen LogP contribution >= 0.6 is 0 Å². The number of likely N-dealkylation sites (tertiary alicyclic amines) is 1. The zero-order valence-electron chi connectivity index (χ0n) is 11.9. The molecule has 1 saturated heterocycles. The molecule has 0 N–H and O–H groups in total. The lowest BCUT2D eigenvalue weighted by Crippen LogP contribution is -2.24. The third-order valence-electron chi connectivity index (χ3n) is 4.23. The summed E-state index contributed by atoms with van der Waals surface area (Å²) >= 11 is 0. The monoisotopic (exact) mass is 282 g/mol. The third-order valence-corrected chi connectivity index (χ3v) is 4.23. The Bertz CT molecular complexity index is 726. The van der Waals surface area contributed by atoms with Gasteiger partial charge in [-0.1, -0.05) is 18.2 Å². The largest absolute Gasteiger partial charge is 0.422 e. The molecule has 2 aromatic heterocycles. The lowest BCUT2D eigenvalue weighted by Gasteiger charge is -2.16. The van der Waals surface area contributed by atoms with Crippen LogP contribution in [0.5, 0.6) is 0 Å². The van der Waals surface area contributed by atoms with Gasteiger partial charge < -0.3 is 13.9 Å². The minimum Gasteiger partial charge on any atom is -0.422 e. The van der Waals surface area contributed by atoms with Crippen LogP contribution in [0.2, 0.25) is 0 Å². The molecule has 1 fully saturated rings. The van der Waals surface area contributed by atoms with Crippen molar-refractivity contribution in [2.24, 2.45) is 0 Å². The molecule has 1 aromatic carbocycles. The zero-order chi connectivity index (χ0) is 14.1. The predicted molar refractivity (Wildman–Crippen MR) is 80.9 cm³/mol. The molecule has 4 rings (SSSR count). The number of aromatic nitrogens is 3. The number of benzene rings is 1. The summed E-state index contributed by atoms with van der Waals surface area (Å²) in [5.41, 5.74) is 2.23. The Balaban J connectivity index is 1.71. The maximum atomic E-state index is 5.40. The molecule has 0 unspecified atom stereocenters. The summed E-state index contributed by atoms with van der Waals surface area (Å²) in [6, 6.07) is 10.5. The number of fused-ring (bicyclic) bond motifs is 1. The number of hydrogen-bond donors (Lipinski definition) is 0. The van der Waals surface area contributed by atoms with E-state index in [1.54, 1.807) is 0 Å². The van der Waals surface area contributed by atoms with E-state index in [4.69, 9.17) is 4.42 Å². The van der Waals surface area contributed by atoms with E-state index in [0.717, 1.165) is 18.8 Å². The van der Waals surface area contributed by atoms with Crippen molar-refractivity contribution in [2.45, 2.75) is 19.4 Å². The minimum absolute atomic E-state index is 0.590. The maximum Gasteiger partial charge on any atom is 0.264 e. The van der Waals surface area contributed by atoms with Crippen molar-refractivity contribution in [1.29, 1.82) is 0 Å². The molecule has 3 heterocycles. The predicted octanol–water partition coefficient (Wildman–Crippen LogP) is 2.79. The molecule has 0 atom stereocenters. The molecule has 1 aliphatic heterocycles. The summed E-state index contributed by atoms with van der Waals surface area (Å²) in [5.74, 6) is 0.590. The summed E-state index contributed by atoms with van der Waals surface area (Å²) < 4.78 is 7.70. The van der Waals surface area contributed by atoms with E-state index < -0.39 is 0 Å². The lowest BCUT2D eigenvalue weighted by molar-refractivity contribution is 0.324. The normalized spacial score (nSPS) is 16.0. The van der Waals surface area contributed by atoms with Gasteiger partial charge in [-0.2, -0.15) is 0 Å². The summed E-state index contributed by atoms with van der Waals surface area (Å²) in [5, 5.41) is 9.09. The average Bonchev–Trinajstić information content (AvgIpc) is 3.25. The molecule has 0 bridgehead atoms. The second kappa shape index (κ2) is 5.33. The van der Waals surface area contributed by atoms with E-state index in [1.165, 1.54) is 43.2 Å². The summed E-state index contributed by atoms with van der Waals surface area (Å²) in [6.07, 6.45) is 4.03. The van der Waals surface area contributed by atoms with Gasteiger partial charge in [0, 0.05) is 24.0 Å². The van der Waals surface area contributed by atoms with Crippen LogP contribution in [0.15, 0.2) is 41.1 Å². The topological polar surface area (TPSA) is 47.1 Å². The number of nitrogens with zero attached hydrogens (tertiary/aromatic N) is 4. The smallest absolute Gasteiger partial charge is 0.264 e. The summed E-state index contributed by atoms with van der Waals surface area (Å²) in [7, 11) is 0. The van der Waals surface area contributed by atoms with Gasteiger partial charge in [0.25, 0.3) is 5.89 Å². The Kier molecular flexibility index (Phi) is 3.20. The number of hydrogen-bond acceptors (Lipinski definition) is 4. The zero-order valence-corrected chi connectivity index (χ0v) is 11.9. The van der Waals surface area contributed by atoms with Crippen LogP contribution in [0.1, 0.15) is 12.8 Å². The van der Waals surface area contributed by atoms with Gasteiger partial charge in [-0.3, -0.25) is 0 Å². The van der Waals surface area contributed by atoms with Gasteiger partial charge in [0.1, 0.15) is 5.69 Å². The minimum atomic E-state index is 0.590. The Morgan fingerprint density at radius 3 is 2.76 bits per heavy atom. The molecular weight excluding hydrogens is 264 g/mol. The van der Waals surface area contributed by atoms with Gasteiger partial charge in [-0.05, 0) is 38.1 Å². The highest BCUT2D eigenvalue weighted by molar-refractivity contribution is 5.85. The van der Waals surface area contributed by atoms with E-state index in [1.807, 2.05) is 0 Å². The molecule has 5 nitrogen and oxygen atoms in total. The first-order valence-corrected chi connectivity index (χ1v) is 7.49. The number of para-hydroxylation sites is 1. The van der Waals surface area contributed by atoms with E-state index in [-0.39, 0.29) is 0 Å². The van der Waals surface area contributed by atoms with Crippen molar-refractivity contribution in [3.8, 4) is 11.6 Å². The Morgan fingerprint density at radius 1 is 1.10 bits per heavy atom. The highest BCUT2D eigenvalue weighted by atomic mass is 16.4. The van der Waals surface area contributed by atoms with Crippen molar-refractivity contribution in [3.63, 3.8) is 0 Å². The molecule has 0 saturated carbocycles. The molecule has 3 aromatic rings. The Hall–Kier alpha value is -2.14. The molecule has 5 heteroatoms. The van der Waals surface area contributed by atoms with Gasteiger partial charge in [-0.25, -0.2) is 0 Å². The molecule has 0 radical (unpaired) electrons. The van der Waals surface area contributed by atoms with Crippen LogP contribution in [0.25, 0.3) is 22.5 Å². The van der Waals surface area contributed by atoms with Gasteiger partial charge in [-0.15, -0.1) is 10.2 Å². The second-order valence-corrected chi connectivity index (χ2v) is 5.53. The van der Waals surface area contributed by atoms with Crippen LogP contribution in [-0.2, 0) is 6.54 Å². The van der Waals surface area contributed by atoms with Gasteiger partial charge in [0.2, 0.25) is 6.39 Å². The van der Waals surface area contributed by atoms with E-state index in [2.05, 4.69) is 50.0 Å². The van der Waals surface area contributed by atoms with Gasteiger partial charge >= 0.3 is 0 Å². The Labute approximate surface area is 123 Å². The fraction of sp³-hybridized carbons (Fsp3) is 0.375. The molecule has 0 spiro atoms. The molecule has 108 valence electrons. The van der Waals surface area contributed by atoms with Crippen LogP contribution < -0.4 is 0 Å². The van der Waals surface area contributed by atoms with Crippen molar-refractivity contribution >= 4 is 10.9 Å². The van der Waals surface area contributed by atoms with E-state index in [0.29, 0.717) is 5.89 Å². The van der Waals surface area contributed by atoms with E-state index >= 15 is 0 Å². The van der Waals surface area contributed by atoms with Crippen LogP contribution in [0.3, 0.4) is 0 Å². The number of rotatable bonds is 4. The lowest BCUT2D eigenvalue weighted by atomic mass is 10.2. The quantitative estimate of drug-likeness (QED) is 0.738. The molecule has 21 heavy (non-hydrogen) atoms. The van der Waals surface area contributed by atoms with Gasteiger partial charge in [0.15, 0.2) is 0 Å².